The lowest BCUT2D eigenvalue weighted by molar-refractivity contribution is -0.142. The number of fused-ring (bicyclic) bond motifs is 1. The van der Waals surface area contributed by atoms with Gasteiger partial charge in [0.25, 0.3) is 11.8 Å². The van der Waals surface area contributed by atoms with Crippen LogP contribution in [-0.4, -0.2) is 71.1 Å². The van der Waals surface area contributed by atoms with Crippen molar-refractivity contribution >= 4 is 23.6 Å². The molecule has 0 aromatic heterocycles. The predicted octanol–water partition coefficient (Wildman–Crippen LogP) is 1.14. The first-order valence-electron chi connectivity index (χ1n) is 9.58. The molecule has 3 aliphatic rings. The molecule has 1 aromatic rings. The molecular weight excluding hydrogens is 346 g/mol. The smallest absolute Gasteiger partial charge is 0.262 e. The van der Waals surface area contributed by atoms with Crippen LogP contribution in [0.4, 0.5) is 0 Å². The zero-order valence-electron chi connectivity index (χ0n) is 15.2. The summed E-state index contributed by atoms with van der Waals surface area (Å²) < 4.78 is 0. The lowest BCUT2D eigenvalue weighted by Crippen LogP contribution is -2.53. The number of imide groups is 1. The van der Waals surface area contributed by atoms with Crippen molar-refractivity contribution in [1.82, 2.24) is 14.7 Å². The Kier molecular flexibility index (Phi) is 4.68. The van der Waals surface area contributed by atoms with Crippen molar-refractivity contribution < 1.29 is 19.2 Å². The number of hydrogen-bond acceptors (Lipinski definition) is 4. The van der Waals surface area contributed by atoms with Gasteiger partial charge in [0.05, 0.1) is 11.1 Å². The van der Waals surface area contributed by atoms with E-state index in [1.54, 1.807) is 29.2 Å². The van der Waals surface area contributed by atoms with Crippen molar-refractivity contribution in [1.29, 1.82) is 0 Å². The molecule has 4 rings (SSSR count). The van der Waals surface area contributed by atoms with E-state index in [0.717, 1.165) is 30.6 Å². The zero-order valence-corrected chi connectivity index (χ0v) is 15.2. The Morgan fingerprint density at radius 3 is 1.93 bits per heavy atom. The molecule has 1 aliphatic carbocycles. The molecular formula is C20H23N3O4. The van der Waals surface area contributed by atoms with Crippen molar-refractivity contribution in [3.8, 4) is 0 Å². The third kappa shape index (κ3) is 3.22. The van der Waals surface area contributed by atoms with E-state index in [1.165, 1.54) is 0 Å². The number of hydrogen-bond donors (Lipinski definition) is 0. The molecule has 2 heterocycles. The van der Waals surface area contributed by atoms with Gasteiger partial charge in [-0.05, 0) is 25.0 Å². The Bertz CT molecular complexity index is 757. The Balaban J connectivity index is 1.33. The molecule has 0 spiro atoms. The minimum absolute atomic E-state index is 0.144. The number of piperazine rings is 1. The van der Waals surface area contributed by atoms with Gasteiger partial charge in [-0.25, -0.2) is 0 Å². The van der Waals surface area contributed by atoms with Crippen LogP contribution in [0.3, 0.4) is 0 Å². The summed E-state index contributed by atoms with van der Waals surface area (Å²) in [5, 5.41) is 0. The minimum Gasteiger partial charge on any atom is -0.339 e. The monoisotopic (exact) mass is 369 g/mol. The quantitative estimate of drug-likeness (QED) is 0.749. The van der Waals surface area contributed by atoms with Crippen LogP contribution in [0.2, 0.25) is 0 Å². The maximum absolute atomic E-state index is 12.6. The average Bonchev–Trinajstić information content (AvgIpc) is 3.32. The van der Waals surface area contributed by atoms with Gasteiger partial charge in [-0.1, -0.05) is 25.0 Å². The molecule has 0 atom stereocenters. The fourth-order valence-corrected chi connectivity index (χ4v) is 4.23. The third-order valence-electron chi connectivity index (χ3n) is 5.82. The van der Waals surface area contributed by atoms with Gasteiger partial charge < -0.3 is 9.80 Å². The summed E-state index contributed by atoms with van der Waals surface area (Å²) in [6.07, 6.45) is 4.18. The highest BCUT2D eigenvalue weighted by molar-refractivity contribution is 6.22. The molecule has 7 heteroatoms. The van der Waals surface area contributed by atoms with Crippen molar-refractivity contribution in [2.45, 2.75) is 25.7 Å². The lowest BCUT2D eigenvalue weighted by Gasteiger charge is -2.36. The van der Waals surface area contributed by atoms with E-state index in [1.807, 2.05) is 4.90 Å². The standard InChI is InChI=1S/C20H23N3O4/c24-17(13-23-19(26)15-7-3-4-8-16(15)20(23)27)21-9-11-22(12-10-21)18(25)14-5-1-2-6-14/h3-4,7-8,14H,1-2,5-6,9-13H2. The summed E-state index contributed by atoms with van der Waals surface area (Å²) in [5.41, 5.74) is 0.699. The normalized spacial score (nSPS) is 20.4. The number of benzene rings is 1. The Labute approximate surface area is 157 Å². The molecule has 0 unspecified atom stereocenters. The highest BCUT2D eigenvalue weighted by Crippen LogP contribution is 2.27. The fourth-order valence-electron chi connectivity index (χ4n) is 4.23. The molecule has 1 saturated heterocycles. The first-order chi connectivity index (χ1) is 13.1. The largest absolute Gasteiger partial charge is 0.339 e. The summed E-state index contributed by atoms with van der Waals surface area (Å²) in [6.45, 7) is 1.68. The fraction of sp³-hybridized carbons (Fsp3) is 0.500. The molecule has 2 aliphatic heterocycles. The Morgan fingerprint density at radius 1 is 0.852 bits per heavy atom. The van der Waals surface area contributed by atoms with Crippen LogP contribution in [0.15, 0.2) is 24.3 Å². The van der Waals surface area contributed by atoms with E-state index in [2.05, 4.69) is 0 Å². The van der Waals surface area contributed by atoms with Crippen LogP contribution in [0.1, 0.15) is 46.4 Å². The van der Waals surface area contributed by atoms with Crippen LogP contribution in [0.25, 0.3) is 0 Å². The number of rotatable bonds is 3. The molecule has 0 radical (unpaired) electrons. The highest BCUT2D eigenvalue weighted by Gasteiger charge is 2.38. The first-order valence-corrected chi connectivity index (χ1v) is 9.58. The SMILES string of the molecule is O=C(CN1C(=O)c2ccccc2C1=O)N1CCN(C(=O)C2CCCC2)CC1. The Morgan fingerprint density at radius 2 is 1.37 bits per heavy atom. The van der Waals surface area contributed by atoms with Gasteiger partial charge in [0.1, 0.15) is 6.54 Å². The van der Waals surface area contributed by atoms with Gasteiger partial charge in [0.15, 0.2) is 0 Å². The van der Waals surface area contributed by atoms with E-state index in [9.17, 15) is 19.2 Å². The van der Waals surface area contributed by atoms with E-state index >= 15 is 0 Å². The molecule has 142 valence electrons. The maximum atomic E-state index is 12.6. The summed E-state index contributed by atoms with van der Waals surface area (Å²) in [4.78, 5) is 54.4. The van der Waals surface area contributed by atoms with Gasteiger partial charge in [-0.3, -0.25) is 24.1 Å². The first kappa shape index (κ1) is 17.7. The van der Waals surface area contributed by atoms with Crippen molar-refractivity contribution in [2.24, 2.45) is 5.92 Å². The second kappa shape index (κ2) is 7.13. The highest BCUT2D eigenvalue weighted by atomic mass is 16.2. The van der Waals surface area contributed by atoms with Gasteiger partial charge in [-0.2, -0.15) is 0 Å². The molecule has 0 bridgehead atoms. The maximum Gasteiger partial charge on any atom is 0.262 e. The second-order valence-corrected chi connectivity index (χ2v) is 7.43. The molecule has 2 fully saturated rings. The van der Waals surface area contributed by atoms with Crippen LogP contribution < -0.4 is 0 Å². The van der Waals surface area contributed by atoms with E-state index < -0.39 is 11.8 Å². The summed E-state index contributed by atoms with van der Waals surface area (Å²) in [6, 6.07) is 6.62. The number of carbonyl (C=O) groups is 4. The molecule has 1 aromatic carbocycles. The van der Waals surface area contributed by atoms with Crippen LogP contribution in [0, 0.1) is 5.92 Å². The second-order valence-electron chi connectivity index (χ2n) is 7.43. The minimum atomic E-state index is -0.418. The lowest BCUT2D eigenvalue weighted by atomic mass is 10.1. The summed E-state index contributed by atoms with van der Waals surface area (Å²) in [5.74, 6) is -0.735. The summed E-state index contributed by atoms with van der Waals surface area (Å²) in [7, 11) is 0. The van der Waals surface area contributed by atoms with E-state index in [4.69, 9.17) is 0 Å². The number of amides is 4. The third-order valence-corrected chi connectivity index (χ3v) is 5.82. The number of nitrogens with zero attached hydrogens (tertiary/aromatic N) is 3. The van der Waals surface area contributed by atoms with Crippen LogP contribution in [0.5, 0.6) is 0 Å². The van der Waals surface area contributed by atoms with Gasteiger partial charge >= 0.3 is 0 Å². The van der Waals surface area contributed by atoms with Crippen LogP contribution >= 0.6 is 0 Å². The van der Waals surface area contributed by atoms with Crippen LogP contribution in [-0.2, 0) is 9.59 Å². The van der Waals surface area contributed by atoms with Crippen molar-refractivity contribution in [3.05, 3.63) is 35.4 Å². The molecule has 4 amide bonds. The van der Waals surface area contributed by atoms with Gasteiger partial charge in [0.2, 0.25) is 11.8 Å². The van der Waals surface area contributed by atoms with Gasteiger partial charge in [-0.15, -0.1) is 0 Å². The Hall–Kier alpha value is -2.70. The van der Waals surface area contributed by atoms with Gasteiger partial charge in [0, 0.05) is 32.1 Å². The number of carbonyl (C=O) groups excluding carboxylic acids is 4. The molecule has 7 nitrogen and oxygen atoms in total. The van der Waals surface area contributed by atoms with E-state index in [-0.39, 0.29) is 24.3 Å². The predicted molar refractivity (Wildman–Crippen MR) is 96.9 cm³/mol. The summed E-state index contributed by atoms with van der Waals surface area (Å²) >= 11 is 0. The molecule has 0 N–H and O–H groups in total. The molecule has 27 heavy (non-hydrogen) atoms. The van der Waals surface area contributed by atoms with Crippen molar-refractivity contribution in [3.63, 3.8) is 0 Å². The zero-order chi connectivity index (χ0) is 19.0. The molecule has 1 saturated carbocycles. The topological polar surface area (TPSA) is 78.0 Å². The van der Waals surface area contributed by atoms with E-state index in [0.29, 0.717) is 37.3 Å². The van der Waals surface area contributed by atoms with Crippen molar-refractivity contribution in [2.75, 3.05) is 32.7 Å². The average molecular weight is 369 g/mol.